The monoisotopic (exact) mass is 432 g/mol. The van der Waals surface area contributed by atoms with Gasteiger partial charge in [-0.3, -0.25) is 0 Å². The van der Waals surface area contributed by atoms with Crippen LogP contribution < -0.4 is 24.8 Å². The Balaban J connectivity index is 1.36. The van der Waals surface area contributed by atoms with Crippen LogP contribution in [0.1, 0.15) is 0 Å². The second-order valence-electron chi connectivity index (χ2n) is 6.43. The first-order valence-corrected chi connectivity index (χ1v) is 9.57. The molecule has 2 aromatic carbocycles. The topological polar surface area (TPSA) is 112 Å². The molecule has 2 aromatic heterocycles. The molecule has 0 saturated carbocycles. The number of carbonyl (C=O) groups excluding carboxylic acids is 1. The lowest BCUT2D eigenvalue weighted by Crippen LogP contribution is -2.19. The van der Waals surface area contributed by atoms with Crippen LogP contribution in [0.25, 0.3) is 5.82 Å². The number of hydrogen-bond acceptors (Lipinski definition) is 7. The third-order valence-corrected chi connectivity index (χ3v) is 4.35. The fraction of sp³-hybridized carbons (Fsp3) is 0.0909. The minimum Gasteiger partial charge on any atom is -0.493 e. The second-order valence-corrected chi connectivity index (χ2v) is 6.43. The Morgan fingerprint density at radius 1 is 0.906 bits per heavy atom. The average Bonchev–Trinajstić information content (AvgIpc) is 3.35. The van der Waals surface area contributed by atoms with Gasteiger partial charge in [0.2, 0.25) is 5.88 Å². The van der Waals surface area contributed by atoms with E-state index in [-0.39, 0.29) is 0 Å². The van der Waals surface area contributed by atoms with E-state index in [1.54, 1.807) is 77.7 Å². The molecule has 2 amide bonds. The summed E-state index contributed by atoms with van der Waals surface area (Å²) in [6, 6.07) is 16.9. The highest BCUT2D eigenvalue weighted by atomic mass is 16.5. The Labute approximate surface area is 183 Å². The number of ether oxygens (including phenoxy) is 3. The molecule has 4 aromatic rings. The molecule has 4 rings (SSSR count). The molecule has 0 aliphatic rings. The summed E-state index contributed by atoms with van der Waals surface area (Å²) in [5.41, 5.74) is 1.07. The van der Waals surface area contributed by atoms with Crippen LogP contribution in [0, 0.1) is 0 Å². The number of nitrogens with zero attached hydrogens (tertiary/aromatic N) is 4. The van der Waals surface area contributed by atoms with E-state index >= 15 is 0 Å². The van der Waals surface area contributed by atoms with Gasteiger partial charge in [0.05, 0.1) is 19.9 Å². The van der Waals surface area contributed by atoms with Gasteiger partial charge >= 0.3 is 6.03 Å². The minimum atomic E-state index is -0.426. The zero-order chi connectivity index (χ0) is 22.3. The van der Waals surface area contributed by atoms with E-state index in [4.69, 9.17) is 14.2 Å². The molecule has 0 atom stereocenters. The maximum atomic E-state index is 12.4. The van der Waals surface area contributed by atoms with Crippen LogP contribution in [0.15, 0.2) is 73.1 Å². The van der Waals surface area contributed by atoms with E-state index < -0.39 is 6.03 Å². The van der Waals surface area contributed by atoms with Crippen LogP contribution in [0.3, 0.4) is 0 Å². The third kappa shape index (κ3) is 4.75. The molecule has 2 N–H and O–H groups in total. The van der Waals surface area contributed by atoms with Gasteiger partial charge in [-0.05, 0) is 48.5 Å². The van der Waals surface area contributed by atoms with Crippen molar-refractivity contribution in [1.82, 2.24) is 20.0 Å². The van der Waals surface area contributed by atoms with Crippen molar-refractivity contribution in [1.29, 1.82) is 0 Å². The SMILES string of the molecule is COc1cccc(NC(=O)Nc2ccc(Oc3ccc(-n4cccn4)nn3)cc2)c1OC. The molecule has 0 aliphatic carbocycles. The second kappa shape index (κ2) is 9.47. The molecule has 162 valence electrons. The first-order chi connectivity index (χ1) is 15.7. The van der Waals surface area contributed by atoms with Crippen molar-refractivity contribution in [3.8, 4) is 28.9 Å². The van der Waals surface area contributed by atoms with Crippen molar-refractivity contribution in [2.75, 3.05) is 24.9 Å². The lowest BCUT2D eigenvalue weighted by molar-refractivity contribution is 0.262. The molecular formula is C22H20N6O4. The van der Waals surface area contributed by atoms with Gasteiger partial charge in [0, 0.05) is 24.1 Å². The summed E-state index contributed by atoms with van der Waals surface area (Å²) in [5, 5.41) is 17.7. The van der Waals surface area contributed by atoms with E-state index in [2.05, 4.69) is 25.9 Å². The molecule has 0 bridgehead atoms. The predicted octanol–water partition coefficient (Wildman–Crippen LogP) is 4.12. The summed E-state index contributed by atoms with van der Waals surface area (Å²) in [7, 11) is 3.04. The number of nitrogens with one attached hydrogen (secondary N) is 2. The highest BCUT2D eigenvalue weighted by molar-refractivity contribution is 6.01. The van der Waals surface area contributed by atoms with Crippen molar-refractivity contribution in [2.24, 2.45) is 0 Å². The zero-order valence-corrected chi connectivity index (χ0v) is 17.4. The fourth-order valence-electron chi connectivity index (χ4n) is 2.89. The third-order valence-electron chi connectivity index (χ3n) is 4.35. The van der Waals surface area contributed by atoms with E-state index in [0.717, 1.165) is 0 Å². The van der Waals surface area contributed by atoms with Crippen molar-refractivity contribution >= 4 is 17.4 Å². The molecule has 32 heavy (non-hydrogen) atoms. The van der Waals surface area contributed by atoms with E-state index in [1.165, 1.54) is 14.2 Å². The maximum Gasteiger partial charge on any atom is 0.323 e. The molecule has 0 fully saturated rings. The molecule has 0 saturated heterocycles. The van der Waals surface area contributed by atoms with E-state index in [0.29, 0.717) is 40.3 Å². The molecule has 0 radical (unpaired) electrons. The first kappa shape index (κ1) is 20.7. The Morgan fingerprint density at radius 3 is 2.41 bits per heavy atom. The molecular weight excluding hydrogens is 412 g/mol. The lowest BCUT2D eigenvalue weighted by atomic mass is 10.2. The van der Waals surface area contributed by atoms with Crippen LogP contribution in [0.2, 0.25) is 0 Å². The summed E-state index contributed by atoms with van der Waals surface area (Å²) in [4.78, 5) is 12.4. The van der Waals surface area contributed by atoms with E-state index in [1.807, 2.05) is 0 Å². The van der Waals surface area contributed by atoms with Crippen molar-refractivity contribution < 1.29 is 19.0 Å². The Hall–Kier alpha value is -4.60. The Morgan fingerprint density at radius 2 is 1.75 bits per heavy atom. The highest BCUT2D eigenvalue weighted by Crippen LogP contribution is 2.34. The number of hydrogen-bond donors (Lipinski definition) is 2. The van der Waals surface area contributed by atoms with Crippen LogP contribution >= 0.6 is 0 Å². The Bertz CT molecular complexity index is 1180. The number of amides is 2. The number of aromatic nitrogens is 4. The van der Waals surface area contributed by atoms with Gasteiger partial charge in [0.1, 0.15) is 5.75 Å². The van der Waals surface area contributed by atoms with Crippen LogP contribution in [-0.4, -0.2) is 40.2 Å². The van der Waals surface area contributed by atoms with Crippen LogP contribution in [0.4, 0.5) is 16.2 Å². The molecule has 0 unspecified atom stereocenters. The quantitative estimate of drug-likeness (QED) is 0.452. The molecule has 2 heterocycles. The highest BCUT2D eigenvalue weighted by Gasteiger charge is 2.12. The number of benzene rings is 2. The van der Waals surface area contributed by atoms with Gasteiger partial charge in [-0.1, -0.05) is 6.07 Å². The summed E-state index contributed by atoms with van der Waals surface area (Å²) >= 11 is 0. The standard InChI is InChI=1S/C22H20N6O4/c1-30-18-6-3-5-17(21(18)31-2)25-22(29)24-15-7-9-16(10-8-15)32-20-12-11-19(26-27-20)28-14-4-13-23-28/h3-14H,1-2H3,(H2,24,25,29). The number of para-hydroxylation sites is 1. The number of carbonyl (C=O) groups is 1. The smallest absolute Gasteiger partial charge is 0.323 e. The van der Waals surface area contributed by atoms with Gasteiger partial charge in [0.15, 0.2) is 17.3 Å². The van der Waals surface area contributed by atoms with Crippen LogP contribution in [0.5, 0.6) is 23.1 Å². The molecule has 10 heteroatoms. The summed E-state index contributed by atoms with van der Waals surface area (Å²) < 4.78 is 17.9. The van der Waals surface area contributed by atoms with E-state index in [9.17, 15) is 4.79 Å². The molecule has 0 spiro atoms. The molecule has 0 aliphatic heterocycles. The van der Waals surface area contributed by atoms with Gasteiger partial charge in [-0.25, -0.2) is 9.48 Å². The first-order valence-electron chi connectivity index (χ1n) is 9.57. The van der Waals surface area contributed by atoms with Crippen molar-refractivity contribution in [3.05, 3.63) is 73.1 Å². The number of anilines is 2. The van der Waals surface area contributed by atoms with Crippen molar-refractivity contribution in [3.63, 3.8) is 0 Å². The summed E-state index contributed by atoms with van der Waals surface area (Å²) in [6.45, 7) is 0. The maximum absolute atomic E-state index is 12.4. The largest absolute Gasteiger partial charge is 0.493 e. The lowest BCUT2D eigenvalue weighted by Gasteiger charge is -2.14. The van der Waals surface area contributed by atoms with Crippen molar-refractivity contribution in [2.45, 2.75) is 0 Å². The summed E-state index contributed by atoms with van der Waals surface area (Å²) in [5.74, 6) is 2.43. The van der Waals surface area contributed by atoms with Gasteiger partial charge in [-0.2, -0.15) is 5.10 Å². The van der Waals surface area contributed by atoms with Gasteiger partial charge in [0.25, 0.3) is 0 Å². The normalized spacial score (nSPS) is 10.3. The number of urea groups is 1. The van der Waals surface area contributed by atoms with Gasteiger partial charge in [-0.15, -0.1) is 10.2 Å². The zero-order valence-electron chi connectivity index (χ0n) is 17.4. The number of rotatable bonds is 7. The van der Waals surface area contributed by atoms with Crippen LogP contribution in [-0.2, 0) is 0 Å². The fourth-order valence-corrected chi connectivity index (χ4v) is 2.89. The minimum absolute atomic E-state index is 0.337. The van der Waals surface area contributed by atoms with Gasteiger partial charge < -0.3 is 24.8 Å². The average molecular weight is 432 g/mol. The Kier molecular flexibility index (Phi) is 6.12. The summed E-state index contributed by atoms with van der Waals surface area (Å²) in [6.07, 6.45) is 3.44. The molecule has 10 nitrogen and oxygen atoms in total. The number of methoxy groups -OCH3 is 2. The predicted molar refractivity (Wildman–Crippen MR) is 118 cm³/mol.